The van der Waals surface area contributed by atoms with Crippen molar-refractivity contribution in [3.05, 3.63) is 41.8 Å². The Bertz CT molecular complexity index is 692. The van der Waals surface area contributed by atoms with Gasteiger partial charge in [-0.2, -0.15) is 11.8 Å². The van der Waals surface area contributed by atoms with Crippen molar-refractivity contribution in [2.75, 3.05) is 26.4 Å². The molecule has 0 aliphatic carbocycles. The van der Waals surface area contributed by atoms with Crippen LogP contribution in [0.3, 0.4) is 0 Å². The van der Waals surface area contributed by atoms with Crippen LogP contribution in [0.25, 0.3) is 11.5 Å². The van der Waals surface area contributed by atoms with E-state index in [1.165, 1.54) is 5.56 Å². The van der Waals surface area contributed by atoms with Gasteiger partial charge in [0.25, 0.3) is 0 Å². The van der Waals surface area contributed by atoms with E-state index in [1.807, 2.05) is 23.9 Å². The maximum absolute atomic E-state index is 5.59. The van der Waals surface area contributed by atoms with Crippen molar-refractivity contribution in [3.8, 4) is 11.5 Å². The zero-order chi connectivity index (χ0) is 18.3. The minimum atomic E-state index is 0.173. The highest BCUT2D eigenvalue weighted by Gasteiger charge is 2.16. The fourth-order valence-corrected chi connectivity index (χ4v) is 2.37. The summed E-state index contributed by atoms with van der Waals surface area (Å²) in [7, 11) is 1.78. The molecule has 1 heterocycles. The summed E-state index contributed by atoms with van der Waals surface area (Å²) in [5.41, 5.74) is 3.16. The molecule has 0 radical (unpaired) electrons. The van der Waals surface area contributed by atoms with E-state index in [0.717, 1.165) is 36.7 Å². The normalized spacial score (nSPS) is 12.3. The molecule has 0 spiro atoms. The number of aliphatic imine (C=N–C) groups is 1. The van der Waals surface area contributed by atoms with Crippen LogP contribution in [-0.4, -0.2) is 42.1 Å². The minimum Gasteiger partial charge on any atom is -0.444 e. The summed E-state index contributed by atoms with van der Waals surface area (Å²) in [5, 5.41) is 6.68. The second-order valence-electron chi connectivity index (χ2n) is 6.58. The molecule has 2 N–H and O–H groups in total. The Labute approximate surface area is 154 Å². The molecule has 0 amide bonds. The van der Waals surface area contributed by atoms with Crippen molar-refractivity contribution >= 4 is 17.7 Å². The summed E-state index contributed by atoms with van der Waals surface area (Å²) in [4.78, 5) is 8.82. The Kier molecular flexibility index (Phi) is 6.93. The predicted molar refractivity (Wildman–Crippen MR) is 107 cm³/mol. The van der Waals surface area contributed by atoms with Gasteiger partial charge in [-0.25, -0.2) is 4.98 Å². The van der Waals surface area contributed by atoms with Crippen LogP contribution in [0.4, 0.5) is 0 Å². The van der Waals surface area contributed by atoms with Gasteiger partial charge in [-0.05, 0) is 39.2 Å². The third-order valence-corrected chi connectivity index (χ3v) is 5.23. The average Bonchev–Trinajstić information content (AvgIpc) is 3.07. The lowest BCUT2D eigenvalue weighted by Gasteiger charge is -2.23. The van der Waals surface area contributed by atoms with Gasteiger partial charge in [0.05, 0.1) is 5.69 Å². The highest BCUT2D eigenvalue weighted by Crippen LogP contribution is 2.20. The van der Waals surface area contributed by atoms with E-state index in [2.05, 4.69) is 59.8 Å². The molecule has 0 fully saturated rings. The lowest BCUT2D eigenvalue weighted by atomic mass is 10.1. The number of benzene rings is 1. The highest BCUT2D eigenvalue weighted by molar-refractivity contribution is 7.99. The summed E-state index contributed by atoms with van der Waals surface area (Å²) >= 11 is 1.83. The van der Waals surface area contributed by atoms with Crippen molar-refractivity contribution in [2.24, 2.45) is 4.99 Å². The number of aromatic nitrogens is 1. The number of aryl methyl sites for hydroxylation is 1. The molecule has 0 saturated carbocycles. The lowest BCUT2D eigenvalue weighted by Crippen LogP contribution is -2.43. The quantitative estimate of drug-likeness (QED) is 0.584. The van der Waals surface area contributed by atoms with E-state index in [0.29, 0.717) is 5.89 Å². The number of thioether (sulfide) groups is 1. The molecule has 0 unspecified atom stereocenters. The predicted octanol–water partition coefficient (Wildman–Crippen LogP) is 3.50. The van der Waals surface area contributed by atoms with Gasteiger partial charge in [-0.1, -0.05) is 17.7 Å². The van der Waals surface area contributed by atoms with E-state index in [-0.39, 0.29) is 4.75 Å². The zero-order valence-electron chi connectivity index (χ0n) is 15.7. The number of oxazole rings is 1. The van der Waals surface area contributed by atoms with Crippen LogP contribution in [0.15, 0.2) is 39.9 Å². The lowest BCUT2D eigenvalue weighted by molar-refractivity contribution is 0.572. The molecule has 136 valence electrons. The second kappa shape index (κ2) is 8.94. The Balaban J connectivity index is 1.82. The van der Waals surface area contributed by atoms with E-state index < -0.39 is 0 Å². The van der Waals surface area contributed by atoms with Crippen LogP contribution in [0, 0.1) is 6.92 Å². The number of nitrogens with one attached hydrogen (secondary N) is 2. The van der Waals surface area contributed by atoms with E-state index in [9.17, 15) is 0 Å². The summed E-state index contributed by atoms with van der Waals surface area (Å²) in [6.07, 6.45) is 4.62. The first-order chi connectivity index (χ1) is 11.9. The molecule has 0 atom stereocenters. The van der Waals surface area contributed by atoms with E-state index >= 15 is 0 Å². The second-order valence-corrected chi connectivity index (χ2v) is 8.09. The molecule has 0 aliphatic heterocycles. The molecule has 0 aliphatic rings. The third kappa shape index (κ3) is 6.12. The van der Waals surface area contributed by atoms with Gasteiger partial charge in [-0.3, -0.25) is 4.99 Å². The molecule has 25 heavy (non-hydrogen) atoms. The van der Waals surface area contributed by atoms with E-state index in [4.69, 9.17) is 4.42 Å². The van der Waals surface area contributed by atoms with Gasteiger partial charge in [0, 0.05) is 36.9 Å². The fraction of sp³-hybridized carbons (Fsp3) is 0.474. The first-order valence-corrected chi connectivity index (χ1v) is 9.67. The van der Waals surface area contributed by atoms with Gasteiger partial charge >= 0.3 is 0 Å². The van der Waals surface area contributed by atoms with E-state index in [1.54, 1.807) is 13.3 Å². The SMILES string of the molecule is CN=C(NCCc1coc(-c2ccc(C)cc2)n1)NCC(C)(C)SC. The van der Waals surface area contributed by atoms with Crippen LogP contribution < -0.4 is 10.6 Å². The topological polar surface area (TPSA) is 62.5 Å². The Morgan fingerprint density at radius 2 is 1.96 bits per heavy atom. The molecule has 5 nitrogen and oxygen atoms in total. The van der Waals surface area contributed by atoms with Gasteiger partial charge in [0.15, 0.2) is 5.96 Å². The summed E-state index contributed by atoms with van der Waals surface area (Å²) in [5.74, 6) is 1.48. The smallest absolute Gasteiger partial charge is 0.226 e. The molecular weight excluding hydrogens is 332 g/mol. The third-order valence-electron chi connectivity index (χ3n) is 3.98. The fourth-order valence-electron chi connectivity index (χ4n) is 2.15. The van der Waals surface area contributed by atoms with Crippen LogP contribution in [-0.2, 0) is 6.42 Å². The molecule has 0 bridgehead atoms. The maximum atomic E-state index is 5.59. The molecule has 2 aromatic rings. The van der Waals surface area contributed by atoms with Crippen LogP contribution in [0.2, 0.25) is 0 Å². The number of guanidine groups is 1. The summed E-state index contributed by atoms with van der Waals surface area (Å²) in [6, 6.07) is 8.18. The zero-order valence-corrected chi connectivity index (χ0v) is 16.5. The Morgan fingerprint density at radius 3 is 2.60 bits per heavy atom. The first-order valence-electron chi connectivity index (χ1n) is 8.44. The summed E-state index contributed by atoms with van der Waals surface area (Å²) in [6.45, 7) is 8.09. The average molecular weight is 361 g/mol. The van der Waals surface area contributed by atoms with Crippen LogP contribution in [0.5, 0.6) is 0 Å². The Hall–Kier alpha value is -1.95. The van der Waals surface area contributed by atoms with Crippen LogP contribution >= 0.6 is 11.8 Å². The molecule has 6 heteroatoms. The van der Waals surface area contributed by atoms with Crippen molar-refractivity contribution < 1.29 is 4.42 Å². The maximum Gasteiger partial charge on any atom is 0.226 e. The van der Waals surface area contributed by atoms with Gasteiger partial charge < -0.3 is 15.1 Å². The summed E-state index contributed by atoms with van der Waals surface area (Å²) < 4.78 is 5.77. The van der Waals surface area contributed by atoms with Gasteiger partial charge in [0.1, 0.15) is 6.26 Å². The molecule has 2 rings (SSSR count). The van der Waals surface area contributed by atoms with Crippen LogP contribution in [0.1, 0.15) is 25.1 Å². The molecule has 1 aromatic carbocycles. The number of rotatable bonds is 7. The van der Waals surface area contributed by atoms with Gasteiger partial charge in [0.2, 0.25) is 5.89 Å². The Morgan fingerprint density at radius 1 is 1.24 bits per heavy atom. The molecular formula is C19H28N4OS. The van der Waals surface area contributed by atoms with Gasteiger partial charge in [-0.15, -0.1) is 0 Å². The highest BCUT2D eigenvalue weighted by atomic mass is 32.2. The van der Waals surface area contributed by atoms with Crippen molar-refractivity contribution in [3.63, 3.8) is 0 Å². The first kappa shape index (κ1) is 19.4. The van der Waals surface area contributed by atoms with Crippen molar-refractivity contribution in [1.29, 1.82) is 0 Å². The molecule has 1 aromatic heterocycles. The van der Waals surface area contributed by atoms with Crippen molar-refractivity contribution in [1.82, 2.24) is 15.6 Å². The minimum absolute atomic E-state index is 0.173. The largest absolute Gasteiger partial charge is 0.444 e. The number of hydrogen-bond acceptors (Lipinski definition) is 4. The molecule has 0 saturated heterocycles. The van der Waals surface area contributed by atoms with Crippen molar-refractivity contribution in [2.45, 2.75) is 31.9 Å². The number of hydrogen-bond donors (Lipinski definition) is 2. The number of nitrogens with zero attached hydrogens (tertiary/aromatic N) is 2. The monoisotopic (exact) mass is 360 g/mol. The standard InChI is InChI=1S/C19H28N4OS/c1-14-6-8-15(9-7-14)17-23-16(12-24-17)10-11-21-18(20-4)22-13-19(2,3)25-5/h6-9,12H,10-11,13H2,1-5H3,(H2,20,21,22).